The van der Waals surface area contributed by atoms with Crippen LogP contribution in [0.5, 0.6) is 0 Å². The number of pyridine rings is 2. The van der Waals surface area contributed by atoms with Gasteiger partial charge < -0.3 is 25.2 Å². The Kier molecular flexibility index (Phi) is 7.70. The minimum atomic E-state index is -0.451. The van der Waals surface area contributed by atoms with Crippen molar-refractivity contribution in [2.24, 2.45) is 0 Å². The Morgan fingerprint density at radius 1 is 1.00 bits per heavy atom. The van der Waals surface area contributed by atoms with Crippen LogP contribution in [0.15, 0.2) is 54.7 Å². The van der Waals surface area contributed by atoms with Crippen LogP contribution in [0, 0.1) is 6.92 Å². The van der Waals surface area contributed by atoms with Gasteiger partial charge >= 0.3 is 0 Å². The van der Waals surface area contributed by atoms with Crippen LogP contribution >= 0.6 is 0 Å². The first-order valence-corrected chi connectivity index (χ1v) is 14.4. The highest BCUT2D eigenvalue weighted by Crippen LogP contribution is 2.33. The van der Waals surface area contributed by atoms with Crippen molar-refractivity contribution >= 4 is 23.9 Å². The summed E-state index contributed by atoms with van der Waals surface area (Å²) in [5.74, 6) is 0.674. The topological polar surface area (TPSA) is 73.4 Å². The zero-order valence-electron chi connectivity index (χ0n) is 22.8. The van der Waals surface area contributed by atoms with Crippen LogP contribution in [-0.4, -0.2) is 64.8 Å². The molecular formula is C32H38N6O. The van der Waals surface area contributed by atoms with Gasteiger partial charge in [0.15, 0.2) is 0 Å². The first kappa shape index (κ1) is 25.7. The molecular weight excluding hydrogens is 484 g/mol. The van der Waals surface area contributed by atoms with Gasteiger partial charge in [0, 0.05) is 29.5 Å². The highest BCUT2D eigenvalue weighted by molar-refractivity contribution is 5.79. The molecule has 1 unspecified atom stereocenters. The number of carbonyl (C=O) groups is 1. The number of benzene rings is 1. The summed E-state index contributed by atoms with van der Waals surface area (Å²) in [5.41, 5.74) is 6.64. The molecule has 0 saturated carbocycles. The average molecular weight is 523 g/mol. The van der Waals surface area contributed by atoms with Crippen LogP contribution in [0.3, 0.4) is 0 Å². The molecule has 0 radical (unpaired) electrons. The Labute approximate surface area is 231 Å². The van der Waals surface area contributed by atoms with Crippen LogP contribution in [0.25, 0.3) is 17.5 Å². The molecule has 1 atom stereocenters. The van der Waals surface area contributed by atoms with Crippen LogP contribution in [0.2, 0.25) is 0 Å². The summed E-state index contributed by atoms with van der Waals surface area (Å²) < 4.78 is 0. The molecule has 2 saturated heterocycles. The van der Waals surface area contributed by atoms with Crippen molar-refractivity contribution < 1.29 is 4.79 Å². The van der Waals surface area contributed by atoms with Crippen LogP contribution in [0.1, 0.15) is 54.1 Å². The summed E-state index contributed by atoms with van der Waals surface area (Å²) in [6, 6.07) is 16.9. The number of anilines is 2. The van der Waals surface area contributed by atoms with Crippen molar-refractivity contribution in [3.8, 4) is 11.4 Å². The molecule has 2 N–H and O–H groups in total. The SMILES string of the molecule is Cc1cccc(-c2cc3c(c(Nc4ccc(CCN5CCC(N6CCCC6)CC5)cc4)n2)C(C=O)NC=C3)n1. The van der Waals surface area contributed by atoms with Crippen molar-refractivity contribution in [3.05, 3.63) is 77.1 Å². The Hall–Kier alpha value is -3.55. The number of rotatable bonds is 8. The average Bonchev–Trinajstić information content (AvgIpc) is 3.52. The third kappa shape index (κ3) is 5.89. The quantitative estimate of drug-likeness (QED) is 0.398. The first-order valence-electron chi connectivity index (χ1n) is 14.4. The number of aromatic nitrogens is 2. The van der Waals surface area contributed by atoms with E-state index in [1.165, 1.54) is 57.4 Å². The van der Waals surface area contributed by atoms with Crippen molar-refractivity contribution in [2.45, 2.75) is 51.1 Å². The predicted molar refractivity (Wildman–Crippen MR) is 157 cm³/mol. The Bertz CT molecular complexity index is 1320. The lowest BCUT2D eigenvalue weighted by atomic mass is 9.97. The summed E-state index contributed by atoms with van der Waals surface area (Å²) >= 11 is 0. The maximum Gasteiger partial charge on any atom is 0.146 e. The molecule has 3 aromatic rings. The number of hydrogen-bond donors (Lipinski definition) is 2. The maximum atomic E-state index is 11.9. The number of aldehydes is 1. The minimum absolute atomic E-state index is 0.451. The smallest absolute Gasteiger partial charge is 0.146 e. The molecule has 0 aliphatic carbocycles. The monoisotopic (exact) mass is 522 g/mol. The highest BCUT2D eigenvalue weighted by Gasteiger charge is 2.26. The van der Waals surface area contributed by atoms with Gasteiger partial charge in [0.25, 0.3) is 0 Å². The lowest BCUT2D eigenvalue weighted by Crippen LogP contribution is -2.44. The molecule has 3 aliphatic rings. The Morgan fingerprint density at radius 2 is 1.79 bits per heavy atom. The van der Waals surface area contributed by atoms with Gasteiger partial charge in [0.2, 0.25) is 0 Å². The van der Waals surface area contributed by atoms with E-state index in [0.29, 0.717) is 5.82 Å². The van der Waals surface area contributed by atoms with E-state index in [1.807, 2.05) is 43.5 Å². The second-order valence-corrected chi connectivity index (χ2v) is 11.0. The minimum Gasteiger partial charge on any atom is -0.378 e. The second-order valence-electron chi connectivity index (χ2n) is 11.0. The van der Waals surface area contributed by atoms with Gasteiger partial charge in [0.05, 0.1) is 11.4 Å². The van der Waals surface area contributed by atoms with Gasteiger partial charge in [-0.15, -0.1) is 0 Å². The molecule has 7 heteroatoms. The normalized spacial score (nSPS) is 20.0. The molecule has 202 valence electrons. The number of aryl methyl sites for hydroxylation is 1. The summed E-state index contributed by atoms with van der Waals surface area (Å²) in [4.78, 5) is 26.8. The zero-order valence-corrected chi connectivity index (χ0v) is 22.8. The number of fused-ring (bicyclic) bond motifs is 1. The van der Waals surface area contributed by atoms with Gasteiger partial charge in [-0.25, -0.2) is 4.98 Å². The Balaban J connectivity index is 1.13. The van der Waals surface area contributed by atoms with Crippen LogP contribution in [0.4, 0.5) is 11.5 Å². The molecule has 2 aromatic heterocycles. The lowest BCUT2D eigenvalue weighted by Gasteiger charge is -2.36. The number of nitrogens with one attached hydrogen (secondary N) is 2. The van der Waals surface area contributed by atoms with Crippen molar-refractivity contribution in [3.63, 3.8) is 0 Å². The van der Waals surface area contributed by atoms with E-state index in [2.05, 4.69) is 49.7 Å². The van der Waals surface area contributed by atoms with E-state index >= 15 is 0 Å². The van der Waals surface area contributed by atoms with E-state index in [0.717, 1.165) is 59.2 Å². The second kappa shape index (κ2) is 11.7. The number of hydrogen-bond acceptors (Lipinski definition) is 7. The van der Waals surface area contributed by atoms with Gasteiger partial charge in [-0.3, -0.25) is 4.98 Å². The lowest BCUT2D eigenvalue weighted by molar-refractivity contribution is -0.109. The maximum absolute atomic E-state index is 11.9. The molecule has 39 heavy (non-hydrogen) atoms. The molecule has 2 fully saturated rings. The van der Waals surface area contributed by atoms with Gasteiger partial charge in [-0.2, -0.15) is 0 Å². The first-order chi connectivity index (χ1) is 19.2. The fraction of sp³-hybridized carbons (Fsp3) is 0.406. The van der Waals surface area contributed by atoms with E-state index in [4.69, 9.17) is 4.98 Å². The van der Waals surface area contributed by atoms with Crippen molar-refractivity contribution in [2.75, 3.05) is 38.0 Å². The highest BCUT2D eigenvalue weighted by atomic mass is 16.1. The van der Waals surface area contributed by atoms with E-state index in [1.54, 1.807) is 0 Å². The van der Waals surface area contributed by atoms with Gasteiger partial charge in [-0.1, -0.05) is 18.2 Å². The van der Waals surface area contributed by atoms with E-state index < -0.39 is 6.04 Å². The molecule has 6 rings (SSSR count). The van der Waals surface area contributed by atoms with Crippen LogP contribution < -0.4 is 10.6 Å². The molecule has 0 amide bonds. The van der Waals surface area contributed by atoms with E-state index in [-0.39, 0.29) is 0 Å². The number of nitrogens with zero attached hydrogens (tertiary/aromatic N) is 4. The van der Waals surface area contributed by atoms with Gasteiger partial charge in [-0.05, 0) is 119 Å². The fourth-order valence-corrected chi connectivity index (χ4v) is 6.18. The number of carbonyl (C=O) groups excluding carboxylic acids is 1. The molecule has 3 aliphatic heterocycles. The predicted octanol–water partition coefficient (Wildman–Crippen LogP) is 5.11. The van der Waals surface area contributed by atoms with E-state index in [9.17, 15) is 4.79 Å². The number of likely N-dealkylation sites (tertiary alicyclic amines) is 2. The van der Waals surface area contributed by atoms with Crippen molar-refractivity contribution in [1.29, 1.82) is 0 Å². The molecule has 7 nitrogen and oxygen atoms in total. The molecule has 0 bridgehead atoms. The summed E-state index contributed by atoms with van der Waals surface area (Å²) in [7, 11) is 0. The zero-order chi connectivity index (χ0) is 26.6. The standard InChI is InChI=1S/C32H38N6O/c1-23-5-4-6-28(34-23)29-21-25-11-15-33-30(22-39)31(25)32(36-29)35-26-9-7-24(8-10-26)12-18-37-19-13-27(14-20-37)38-16-2-3-17-38/h4-11,15,21-22,27,30,33H,2-3,12-14,16-20H2,1H3,(H,35,36). The number of piperidine rings is 1. The fourth-order valence-electron chi connectivity index (χ4n) is 6.18. The third-order valence-corrected chi connectivity index (χ3v) is 8.37. The summed E-state index contributed by atoms with van der Waals surface area (Å²) in [5, 5.41) is 6.64. The summed E-state index contributed by atoms with van der Waals surface area (Å²) in [6.07, 6.45) is 11.2. The third-order valence-electron chi connectivity index (χ3n) is 8.37. The van der Waals surface area contributed by atoms with Crippen molar-refractivity contribution in [1.82, 2.24) is 25.1 Å². The van der Waals surface area contributed by atoms with Gasteiger partial charge in [0.1, 0.15) is 18.1 Å². The largest absolute Gasteiger partial charge is 0.378 e. The Morgan fingerprint density at radius 3 is 2.54 bits per heavy atom. The van der Waals surface area contributed by atoms with Crippen LogP contribution in [-0.2, 0) is 11.2 Å². The molecule has 0 spiro atoms. The molecule has 1 aromatic carbocycles. The summed E-state index contributed by atoms with van der Waals surface area (Å²) in [6.45, 7) is 8.12. The molecule has 5 heterocycles.